The van der Waals surface area contributed by atoms with E-state index < -0.39 is 17.7 Å². The molecule has 3 nitrogen and oxygen atoms in total. The molecule has 0 radical (unpaired) electrons. The van der Waals surface area contributed by atoms with Crippen LogP contribution in [0.4, 0.5) is 0 Å². The predicted molar refractivity (Wildman–Crippen MR) is 52.2 cm³/mol. The van der Waals surface area contributed by atoms with Gasteiger partial charge in [0, 0.05) is 11.5 Å². The van der Waals surface area contributed by atoms with Gasteiger partial charge in [-0.3, -0.25) is 0 Å². The van der Waals surface area contributed by atoms with Crippen molar-refractivity contribution >= 4 is 0 Å². The fourth-order valence-electron chi connectivity index (χ4n) is 2.46. The van der Waals surface area contributed by atoms with Crippen LogP contribution >= 0.6 is 0 Å². The average molecular weight is 187 g/mol. The summed E-state index contributed by atoms with van der Waals surface area (Å²) in [5.74, 6) is 0.0428. The zero-order valence-electron chi connectivity index (χ0n) is 8.53. The summed E-state index contributed by atoms with van der Waals surface area (Å²) in [6.45, 7) is 3.49. The van der Waals surface area contributed by atoms with Crippen molar-refractivity contribution in [2.24, 2.45) is 11.7 Å². The second-order valence-corrected chi connectivity index (χ2v) is 4.38. The van der Waals surface area contributed by atoms with Gasteiger partial charge < -0.3 is 15.9 Å². The minimum Gasteiger partial charge on any atom is -0.393 e. The first-order chi connectivity index (χ1) is 5.98. The molecule has 1 fully saturated rings. The van der Waals surface area contributed by atoms with E-state index in [1.807, 2.05) is 0 Å². The van der Waals surface area contributed by atoms with Crippen molar-refractivity contribution in [3.8, 4) is 0 Å². The summed E-state index contributed by atoms with van der Waals surface area (Å²) in [4.78, 5) is 0. The van der Waals surface area contributed by atoms with Gasteiger partial charge in [-0.2, -0.15) is 0 Å². The number of hydrogen-bond donors (Lipinski definition) is 3. The van der Waals surface area contributed by atoms with Gasteiger partial charge in [0.2, 0.25) is 0 Å². The maximum absolute atomic E-state index is 9.62. The van der Waals surface area contributed by atoms with Gasteiger partial charge in [0.25, 0.3) is 0 Å². The molecule has 0 saturated heterocycles. The van der Waals surface area contributed by atoms with Gasteiger partial charge in [-0.05, 0) is 26.7 Å². The molecule has 13 heavy (non-hydrogen) atoms. The lowest BCUT2D eigenvalue weighted by molar-refractivity contribution is -0.0219. The topological polar surface area (TPSA) is 66.5 Å². The molecule has 0 aromatic carbocycles. The first-order valence-electron chi connectivity index (χ1n) is 5.13. The first-order valence-corrected chi connectivity index (χ1v) is 5.13. The largest absolute Gasteiger partial charge is 0.393 e. The van der Waals surface area contributed by atoms with E-state index in [-0.39, 0.29) is 5.92 Å². The smallest absolute Gasteiger partial charge is 0.0695 e. The van der Waals surface area contributed by atoms with Crippen LogP contribution < -0.4 is 5.73 Å². The Morgan fingerprint density at radius 2 is 1.92 bits per heavy atom. The van der Waals surface area contributed by atoms with E-state index in [2.05, 4.69) is 0 Å². The lowest BCUT2D eigenvalue weighted by atomic mass is 9.68. The lowest BCUT2D eigenvalue weighted by Crippen LogP contribution is -2.59. The molecule has 0 heterocycles. The molecule has 4 N–H and O–H groups in total. The van der Waals surface area contributed by atoms with Crippen molar-refractivity contribution in [1.29, 1.82) is 0 Å². The summed E-state index contributed by atoms with van der Waals surface area (Å²) in [6, 6.07) is 0. The molecule has 1 aliphatic rings. The van der Waals surface area contributed by atoms with Crippen LogP contribution in [0.5, 0.6) is 0 Å². The van der Waals surface area contributed by atoms with E-state index in [0.717, 1.165) is 25.7 Å². The van der Waals surface area contributed by atoms with Crippen molar-refractivity contribution in [2.45, 2.75) is 57.3 Å². The van der Waals surface area contributed by atoms with Crippen LogP contribution in [-0.4, -0.2) is 28.0 Å². The SMILES string of the molecule is CC(O)C1CCCCC1(N)C(C)O. The molecule has 78 valence electrons. The predicted octanol–water partition coefficient (Wildman–Crippen LogP) is 0.636. The monoisotopic (exact) mass is 187 g/mol. The van der Waals surface area contributed by atoms with Gasteiger partial charge in [0.05, 0.1) is 12.2 Å². The Labute approximate surface area is 79.9 Å². The van der Waals surface area contributed by atoms with Gasteiger partial charge in [0.1, 0.15) is 0 Å². The number of rotatable bonds is 2. The van der Waals surface area contributed by atoms with Crippen LogP contribution in [-0.2, 0) is 0 Å². The van der Waals surface area contributed by atoms with Crippen molar-refractivity contribution < 1.29 is 10.2 Å². The standard InChI is InChI=1S/C10H21NO2/c1-7(12)9-5-3-4-6-10(9,11)8(2)13/h7-9,12-13H,3-6,11H2,1-2H3. The molecule has 0 amide bonds. The van der Waals surface area contributed by atoms with Crippen LogP contribution in [0.1, 0.15) is 39.5 Å². The average Bonchev–Trinajstić information content (AvgIpc) is 2.04. The van der Waals surface area contributed by atoms with Crippen LogP contribution in [0.15, 0.2) is 0 Å². The highest BCUT2D eigenvalue weighted by molar-refractivity contribution is 4.99. The van der Waals surface area contributed by atoms with Crippen LogP contribution in [0.25, 0.3) is 0 Å². The quantitative estimate of drug-likeness (QED) is 0.594. The molecule has 3 heteroatoms. The van der Waals surface area contributed by atoms with Gasteiger partial charge in [0.15, 0.2) is 0 Å². The van der Waals surface area contributed by atoms with Crippen LogP contribution in [0.3, 0.4) is 0 Å². The first kappa shape index (κ1) is 11.0. The van der Waals surface area contributed by atoms with Gasteiger partial charge in [-0.15, -0.1) is 0 Å². The van der Waals surface area contributed by atoms with E-state index in [9.17, 15) is 10.2 Å². The Balaban J connectivity index is 2.77. The molecule has 0 spiro atoms. The van der Waals surface area contributed by atoms with E-state index in [0.29, 0.717) is 0 Å². The number of hydrogen-bond acceptors (Lipinski definition) is 3. The summed E-state index contributed by atoms with van der Waals surface area (Å²) in [5.41, 5.74) is 5.56. The number of aliphatic hydroxyl groups is 2. The van der Waals surface area contributed by atoms with E-state index in [1.54, 1.807) is 13.8 Å². The lowest BCUT2D eigenvalue weighted by Gasteiger charge is -2.44. The molecular weight excluding hydrogens is 166 g/mol. The van der Waals surface area contributed by atoms with Crippen LogP contribution in [0, 0.1) is 5.92 Å². The van der Waals surface area contributed by atoms with Crippen LogP contribution in [0.2, 0.25) is 0 Å². The molecular formula is C10H21NO2. The summed E-state index contributed by atoms with van der Waals surface area (Å²) < 4.78 is 0. The van der Waals surface area contributed by atoms with E-state index >= 15 is 0 Å². The molecule has 4 unspecified atom stereocenters. The fourth-order valence-corrected chi connectivity index (χ4v) is 2.46. The molecule has 0 aromatic heterocycles. The second kappa shape index (κ2) is 3.95. The Morgan fingerprint density at radius 3 is 2.31 bits per heavy atom. The third kappa shape index (κ3) is 2.03. The Morgan fingerprint density at radius 1 is 1.31 bits per heavy atom. The maximum Gasteiger partial charge on any atom is 0.0695 e. The van der Waals surface area contributed by atoms with Crippen molar-refractivity contribution in [2.75, 3.05) is 0 Å². The van der Waals surface area contributed by atoms with Crippen molar-refractivity contribution in [3.63, 3.8) is 0 Å². The highest BCUT2D eigenvalue weighted by Crippen LogP contribution is 2.36. The Bertz CT molecular complexity index is 170. The normalized spacial score (nSPS) is 39.9. The van der Waals surface area contributed by atoms with Gasteiger partial charge >= 0.3 is 0 Å². The number of aliphatic hydroxyl groups excluding tert-OH is 2. The molecule has 1 saturated carbocycles. The zero-order valence-corrected chi connectivity index (χ0v) is 8.53. The Kier molecular flexibility index (Phi) is 3.33. The third-order valence-corrected chi connectivity index (χ3v) is 3.43. The summed E-state index contributed by atoms with van der Waals surface area (Å²) in [5, 5.41) is 19.2. The third-order valence-electron chi connectivity index (χ3n) is 3.43. The highest BCUT2D eigenvalue weighted by atomic mass is 16.3. The Hall–Kier alpha value is -0.120. The van der Waals surface area contributed by atoms with Gasteiger partial charge in [-0.1, -0.05) is 12.8 Å². The molecule has 1 aliphatic carbocycles. The minimum atomic E-state index is -0.577. The summed E-state index contributed by atoms with van der Waals surface area (Å²) in [6.07, 6.45) is 2.97. The highest BCUT2D eigenvalue weighted by Gasteiger charge is 2.43. The molecule has 0 aromatic rings. The van der Waals surface area contributed by atoms with Crippen molar-refractivity contribution in [1.82, 2.24) is 0 Å². The summed E-state index contributed by atoms with van der Waals surface area (Å²) in [7, 11) is 0. The molecule has 0 bridgehead atoms. The van der Waals surface area contributed by atoms with E-state index in [4.69, 9.17) is 5.73 Å². The van der Waals surface area contributed by atoms with Crippen molar-refractivity contribution in [3.05, 3.63) is 0 Å². The van der Waals surface area contributed by atoms with Gasteiger partial charge in [-0.25, -0.2) is 0 Å². The maximum atomic E-state index is 9.62. The molecule has 0 aliphatic heterocycles. The zero-order chi connectivity index (χ0) is 10.1. The molecule has 1 rings (SSSR count). The molecule has 4 atom stereocenters. The summed E-state index contributed by atoms with van der Waals surface area (Å²) >= 11 is 0. The second-order valence-electron chi connectivity index (χ2n) is 4.38. The number of nitrogens with two attached hydrogens (primary N) is 1. The fraction of sp³-hybridized carbons (Fsp3) is 1.00. The minimum absolute atomic E-state index is 0.0428. The van der Waals surface area contributed by atoms with E-state index in [1.165, 1.54) is 0 Å².